The summed E-state index contributed by atoms with van der Waals surface area (Å²) >= 11 is 0. The summed E-state index contributed by atoms with van der Waals surface area (Å²) in [5, 5.41) is 2.35. The third-order valence-corrected chi connectivity index (χ3v) is 4.30. The molecule has 0 spiro atoms. The van der Waals surface area contributed by atoms with Crippen LogP contribution in [0, 0.1) is 5.92 Å². The van der Waals surface area contributed by atoms with Crippen LogP contribution in [0.1, 0.15) is 24.4 Å². The standard InChI is InChI=1S/C17H17N3O/c18-16-15(20(17(21)19-16)10-11-5-6-11)14-8-7-12-3-1-2-4-13(12)9-14/h1-4,7-9,11,15H,5-6,10H2,(H2,18,19,21). The number of urea groups is 1. The molecule has 4 heteroatoms. The van der Waals surface area contributed by atoms with Gasteiger partial charge in [-0.2, -0.15) is 4.99 Å². The Hall–Kier alpha value is -2.36. The van der Waals surface area contributed by atoms with E-state index in [0.29, 0.717) is 11.8 Å². The van der Waals surface area contributed by atoms with E-state index in [1.54, 1.807) is 0 Å². The van der Waals surface area contributed by atoms with E-state index in [9.17, 15) is 4.79 Å². The van der Waals surface area contributed by atoms with Gasteiger partial charge in [-0.1, -0.05) is 36.4 Å². The Labute approximate surface area is 123 Å². The molecule has 0 bridgehead atoms. The average Bonchev–Trinajstić information content (AvgIpc) is 3.25. The number of amides is 2. The fourth-order valence-corrected chi connectivity index (χ4v) is 3.00. The Kier molecular flexibility index (Phi) is 2.70. The number of fused-ring (bicyclic) bond motifs is 1. The van der Waals surface area contributed by atoms with Crippen molar-refractivity contribution in [2.75, 3.05) is 6.54 Å². The smallest absolute Gasteiger partial charge is 0.346 e. The number of benzene rings is 2. The van der Waals surface area contributed by atoms with E-state index in [0.717, 1.165) is 17.5 Å². The molecule has 1 unspecified atom stereocenters. The largest absolute Gasteiger partial charge is 0.385 e. The number of aliphatic imine (C=N–C) groups is 1. The third kappa shape index (κ3) is 2.17. The van der Waals surface area contributed by atoms with Crippen LogP contribution in [0.2, 0.25) is 0 Å². The molecule has 2 aliphatic rings. The first kappa shape index (κ1) is 12.4. The van der Waals surface area contributed by atoms with Crippen LogP contribution < -0.4 is 5.73 Å². The summed E-state index contributed by atoms with van der Waals surface area (Å²) in [5.41, 5.74) is 7.06. The Morgan fingerprint density at radius 1 is 1.14 bits per heavy atom. The van der Waals surface area contributed by atoms with Crippen LogP contribution in [0.4, 0.5) is 4.79 Å². The van der Waals surface area contributed by atoms with E-state index < -0.39 is 0 Å². The Morgan fingerprint density at radius 2 is 1.90 bits per heavy atom. The number of amidine groups is 1. The number of nitrogens with two attached hydrogens (primary N) is 1. The molecule has 4 nitrogen and oxygen atoms in total. The molecular formula is C17H17N3O. The lowest BCUT2D eigenvalue weighted by atomic mass is 10.0. The molecule has 1 fully saturated rings. The Balaban J connectivity index is 1.73. The lowest BCUT2D eigenvalue weighted by Gasteiger charge is -2.24. The molecule has 1 atom stereocenters. The molecule has 21 heavy (non-hydrogen) atoms. The molecule has 1 heterocycles. The van der Waals surface area contributed by atoms with Gasteiger partial charge in [0, 0.05) is 6.54 Å². The van der Waals surface area contributed by atoms with Crippen molar-refractivity contribution < 1.29 is 4.79 Å². The van der Waals surface area contributed by atoms with Gasteiger partial charge in [0.15, 0.2) is 0 Å². The molecule has 0 aromatic heterocycles. The zero-order valence-corrected chi connectivity index (χ0v) is 11.7. The summed E-state index contributed by atoms with van der Waals surface area (Å²) in [5.74, 6) is 1.04. The SMILES string of the molecule is NC1=NC(=O)N(CC2CC2)C1c1ccc2ccccc2c1. The molecule has 2 aromatic carbocycles. The van der Waals surface area contributed by atoms with E-state index in [4.69, 9.17) is 5.73 Å². The molecule has 106 valence electrons. The fraction of sp³-hybridized carbons (Fsp3) is 0.294. The van der Waals surface area contributed by atoms with E-state index in [1.807, 2.05) is 23.1 Å². The lowest BCUT2D eigenvalue weighted by Crippen LogP contribution is -2.34. The predicted molar refractivity (Wildman–Crippen MR) is 83.1 cm³/mol. The number of hydrogen-bond acceptors (Lipinski definition) is 2. The Bertz CT molecular complexity index is 749. The monoisotopic (exact) mass is 279 g/mol. The van der Waals surface area contributed by atoms with Gasteiger partial charge in [-0.3, -0.25) is 0 Å². The second-order valence-electron chi connectivity index (χ2n) is 5.92. The van der Waals surface area contributed by atoms with Crippen LogP contribution in [0.3, 0.4) is 0 Å². The van der Waals surface area contributed by atoms with Gasteiger partial charge in [0.2, 0.25) is 0 Å². The summed E-state index contributed by atoms with van der Waals surface area (Å²) in [7, 11) is 0. The van der Waals surface area contributed by atoms with Crippen LogP contribution in [0.15, 0.2) is 47.5 Å². The van der Waals surface area contributed by atoms with Crippen molar-refractivity contribution in [3.05, 3.63) is 48.0 Å². The van der Waals surface area contributed by atoms with Crippen molar-refractivity contribution >= 4 is 22.6 Å². The first-order valence-electron chi connectivity index (χ1n) is 7.36. The summed E-state index contributed by atoms with van der Waals surface area (Å²) in [6.07, 6.45) is 2.41. The highest BCUT2D eigenvalue weighted by Gasteiger charge is 2.38. The normalized spacial score (nSPS) is 21.9. The van der Waals surface area contributed by atoms with Crippen LogP contribution >= 0.6 is 0 Å². The minimum atomic E-state index is -0.206. The highest BCUT2D eigenvalue weighted by Crippen LogP contribution is 2.35. The van der Waals surface area contributed by atoms with Crippen LogP contribution in [0.25, 0.3) is 10.8 Å². The van der Waals surface area contributed by atoms with Gasteiger partial charge in [-0.05, 0) is 41.2 Å². The molecular weight excluding hydrogens is 262 g/mol. The van der Waals surface area contributed by atoms with Crippen molar-refractivity contribution in [2.45, 2.75) is 18.9 Å². The molecule has 1 aliphatic heterocycles. The van der Waals surface area contributed by atoms with Crippen molar-refractivity contribution in [3.63, 3.8) is 0 Å². The van der Waals surface area contributed by atoms with Gasteiger partial charge in [-0.15, -0.1) is 0 Å². The maximum Gasteiger partial charge on any atom is 0.346 e. The molecule has 2 aromatic rings. The zero-order valence-electron chi connectivity index (χ0n) is 11.7. The van der Waals surface area contributed by atoms with Gasteiger partial charge in [0.25, 0.3) is 0 Å². The summed E-state index contributed by atoms with van der Waals surface area (Å²) in [6, 6.07) is 14.0. The molecule has 2 N–H and O–H groups in total. The van der Waals surface area contributed by atoms with Crippen molar-refractivity contribution in [1.29, 1.82) is 0 Å². The van der Waals surface area contributed by atoms with Gasteiger partial charge >= 0.3 is 6.03 Å². The highest BCUT2D eigenvalue weighted by molar-refractivity contribution is 6.03. The number of rotatable bonds is 3. The molecule has 4 rings (SSSR count). The average molecular weight is 279 g/mol. The maximum atomic E-state index is 12.1. The van der Waals surface area contributed by atoms with E-state index >= 15 is 0 Å². The van der Waals surface area contributed by atoms with Crippen molar-refractivity contribution in [1.82, 2.24) is 4.90 Å². The van der Waals surface area contributed by atoms with E-state index in [-0.39, 0.29) is 12.1 Å². The van der Waals surface area contributed by atoms with E-state index in [2.05, 4.69) is 29.3 Å². The van der Waals surface area contributed by atoms with Crippen molar-refractivity contribution in [3.8, 4) is 0 Å². The van der Waals surface area contributed by atoms with Gasteiger partial charge in [0.1, 0.15) is 11.9 Å². The van der Waals surface area contributed by atoms with Crippen LogP contribution in [0.5, 0.6) is 0 Å². The minimum Gasteiger partial charge on any atom is -0.385 e. The zero-order chi connectivity index (χ0) is 14.4. The second kappa shape index (κ2) is 4.58. The fourth-order valence-electron chi connectivity index (χ4n) is 3.00. The summed E-state index contributed by atoms with van der Waals surface area (Å²) in [6.45, 7) is 0.764. The first-order valence-corrected chi connectivity index (χ1v) is 7.36. The minimum absolute atomic E-state index is 0.197. The quantitative estimate of drug-likeness (QED) is 0.938. The predicted octanol–water partition coefficient (Wildman–Crippen LogP) is 3.08. The number of nitrogens with zero attached hydrogens (tertiary/aromatic N) is 2. The number of carbonyl (C=O) groups excluding carboxylic acids is 1. The highest BCUT2D eigenvalue weighted by atomic mass is 16.2. The first-order chi connectivity index (χ1) is 10.2. The summed E-state index contributed by atoms with van der Waals surface area (Å²) in [4.78, 5) is 17.8. The summed E-state index contributed by atoms with van der Waals surface area (Å²) < 4.78 is 0. The topological polar surface area (TPSA) is 58.7 Å². The Morgan fingerprint density at radius 3 is 2.67 bits per heavy atom. The molecule has 0 saturated heterocycles. The van der Waals surface area contributed by atoms with Gasteiger partial charge in [-0.25, -0.2) is 4.79 Å². The maximum absolute atomic E-state index is 12.1. The third-order valence-electron chi connectivity index (χ3n) is 4.30. The van der Waals surface area contributed by atoms with Gasteiger partial charge < -0.3 is 10.6 Å². The molecule has 1 saturated carbocycles. The lowest BCUT2D eigenvalue weighted by molar-refractivity contribution is 0.204. The van der Waals surface area contributed by atoms with E-state index in [1.165, 1.54) is 18.2 Å². The second-order valence-corrected chi connectivity index (χ2v) is 5.92. The van der Waals surface area contributed by atoms with Crippen LogP contribution in [-0.2, 0) is 0 Å². The van der Waals surface area contributed by atoms with Crippen molar-refractivity contribution in [2.24, 2.45) is 16.6 Å². The van der Waals surface area contributed by atoms with Crippen LogP contribution in [-0.4, -0.2) is 23.3 Å². The molecule has 1 aliphatic carbocycles. The number of carbonyl (C=O) groups is 1. The molecule has 2 amide bonds. The number of hydrogen-bond donors (Lipinski definition) is 1. The molecule has 0 radical (unpaired) electrons. The van der Waals surface area contributed by atoms with Gasteiger partial charge in [0.05, 0.1) is 0 Å².